The van der Waals surface area contributed by atoms with Crippen LogP contribution in [0.5, 0.6) is 0 Å². The first-order valence-corrected chi connectivity index (χ1v) is 18.8. The van der Waals surface area contributed by atoms with Gasteiger partial charge in [0, 0.05) is 22.6 Å². The Balaban J connectivity index is 1.56. The Morgan fingerprint density at radius 1 is 0.809 bits per heavy atom. The molecule has 11 heteroatoms. The lowest BCUT2D eigenvalue weighted by Gasteiger charge is -2.35. The summed E-state index contributed by atoms with van der Waals surface area (Å²) in [6.45, 7) is -0.516. The van der Waals surface area contributed by atoms with E-state index in [1.807, 2.05) is 30.3 Å². The first-order valence-electron chi connectivity index (χ1n) is 15.5. The molecule has 1 aliphatic carbocycles. The summed E-state index contributed by atoms with van der Waals surface area (Å²) < 4.78 is 30.3. The van der Waals surface area contributed by atoms with Crippen LogP contribution in [0.4, 0.5) is 5.69 Å². The molecule has 0 spiro atoms. The number of amides is 2. The monoisotopic (exact) mass is 803 g/mol. The van der Waals surface area contributed by atoms with Gasteiger partial charge in [-0.3, -0.25) is 13.9 Å². The van der Waals surface area contributed by atoms with E-state index in [1.165, 1.54) is 17.0 Å². The fraction of sp³-hybridized carbons (Fsp3) is 0.278. The van der Waals surface area contributed by atoms with Crippen LogP contribution in [0.25, 0.3) is 0 Å². The zero-order valence-corrected chi connectivity index (χ0v) is 30.2. The molecule has 2 amide bonds. The van der Waals surface area contributed by atoms with Crippen LogP contribution in [-0.4, -0.2) is 43.8 Å². The van der Waals surface area contributed by atoms with Crippen molar-refractivity contribution in [2.45, 2.75) is 62.0 Å². The van der Waals surface area contributed by atoms with Crippen LogP contribution in [0.15, 0.2) is 108 Å². The average molecular weight is 805 g/mol. The summed E-state index contributed by atoms with van der Waals surface area (Å²) in [5.41, 5.74) is 1.86. The van der Waals surface area contributed by atoms with E-state index in [-0.39, 0.29) is 29.8 Å². The summed E-state index contributed by atoms with van der Waals surface area (Å²) in [5, 5.41) is 3.89. The lowest BCUT2D eigenvalue weighted by atomic mass is 9.94. The van der Waals surface area contributed by atoms with Gasteiger partial charge in [-0.25, -0.2) is 8.42 Å². The maximum absolute atomic E-state index is 14.6. The normalized spacial score (nSPS) is 14.3. The molecule has 0 saturated heterocycles. The van der Waals surface area contributed by atoms with Gasteiger partial charge < -0.3 is 10.2 Å². The molecule has 1 fully saturated rings. The number of nitrogens with one attached hydrogen (secondary N) is 1. The minimum atomic E-state index is -4.16. The molecule has 1 saturated carbocycles. The number of nitrogens with zero attached hydrogens (tertiary/aromatic N) is 2. The van der Waals surface area contributed by atoms with E-state index < -0.39 is 28.5 Å². The van der Waals surface area contributed by atoms with Crippen LogP contribution in [0, 0.1) is 3.57 Å². The molecule has 4 aromatic carbocycles. The third kappa shape index (κ3) is 9.28. The number of benzene rings is 4. The van der Waals surface area contributed by atoms with Crippen molar-refractivity contribution in [3.8, 4) is 0 Å². The van der Waals surface area contributed by atoms with Crippen LogP contribution in [-0.2, 0) is 32.6 Å². The zero-order valence-electron chi connectivity index (χ0n) is 25.7. The van der Waals surface area contributed by atoms with Gasteiger partial charge in [0.15, 0.2) is 0 Å². The number of carbonyl (C=O) groups excluding carboxylic acids is 2. The van der Waals surface area contributed by atoms with Crippen molar-refractivity contribution >= 4 is 73.3 Å². The minimum absolute atomic E-state index is 0.0111. The van der Waals surface area contributed by atoms with E-state index in [0.717, 1.165) is 45.5 Å². The van der Waals surface area contributed by atoms with Gasteiger partial charge in [-0.05, 0) is 95.1 Å². The fourth-order valence-corrected chi connectivity index (χ4v) is 7.90. The SMILES string of the molecule is O=C(NC1CCCCC1)C(Cc1ccccc1)N(Cc1ccc(Cl)c(Cl)c1)C(=O)CN(c1ccc(I)cc1)S(=O)(=O)c1ccccc1. The van der Waals surface area contributed by atoms with Crippen molar-refractivity contribution < 1.29 is 18.0 Å². The molecule has 0 bridgehead atoms. The molecule has 1 unspecified atom stereocenters. The van der Waals surface area contributed by atoms with E-state index >= 15 is 0 Å². The predicted octanol–water partition coefficient (Wildman–Crippen LogP) is 7.88. The van der Waals surface area contributed by atoms with Gasteiger partial charge in [-0.2, -0.15) is 0 Å². The van der Waals surface area contributed by atoms with Gasteiger partial charge in [0.1, 0.15) is 12.6 Å². The maximum atomic E-state index is 14.6. The quantitative estimate of drug-likeness (QED) is 0.148. The molecule has 1 atom stereocenters. The molecule has 0 aliphatic heterocycles. The van der Waals surface area contributed by atoms with Crippen molar-refractivity contribution in [3.63, 3.8) is 0 Å². The molecule has 5 rings (SSSR count). The van der Waals surface area contributed by atoms with Crippen molar-refractivity contribution in [1.29, 1.82) is 0 Å². The molecule has 4 aromatic rings. The summed E-state index contributed by atoms with van der Waals surface area (Å²) in [4.78, 5) is 30.4. The van der Waals surface area contributed by atoms with Gasteiger partial charge >= 0.3 is 0 Å². The van der Waals surface area contributed by atoms with Crippen molar-refractivity contribution in [2.24, 2.45) is 0 Å². The fourth-order valence-electron chi connectivity index (χ4n) is 5.79. The highest BCUT2D eigenvalue weighted by Crippen LogP contribution is 2.28. The molecular weight excluding hydrogens is 768 g/mol. The van der Waals surface area contributed by atoms with E-state index in [4.69, 9.17) is 23.2 Å². The number of rotatable bonds is 12. The molecule has 7 nitrogen and oxygen atoms in total. The Hall–Kier alpha value is -3.12. The number of anilines is 1. The lowest BCUT2D eigenvalue weighted by Crippen LogP contribution is -2.55. The summed E-state index contributed by atoms with van der Waals surface area (Å²) in [6.07, 6.45) is 5.18. The minimum Gasteiger partial charge on any atom is -0.352 e. The van der Waals surface area contributed by atoms with Gasteiger partial charge in [0.25, 0.3) is 10.0 Å². The summed E-state index contributed by atoms with van der Waals surface area (Å²) in [5.74, 6) is -0.810. The molecule has 246 valence electrons. The van der Waals surface area contributed by atoms with Crippen LogP contribution in [0.2, 0.25) is 10.0 Å². The smallest absolute Gasteiger partial charge is 0.264 e. The first-order chi connectivity index (χ1) is 22.6. The van der Waals surface area contributed by atoms with E-state index in [1.54, 1.807) is 60.7 Å². The van der Waals surface area contributed by atoms with Crippen molar-refractivity contribution in [3.05, 3.63) is 128 Å². The van der Waals surface area contributed by atoms with E-state index in [9.17, 15) is 18.0 Å². The topological polar surface area (TPSA) is 86.8 Å². The van der Waals surface area contributed by atoms with Gasteiger partial charge in [0.05, 0.1) is 20.6 Å². The van der Waals surface area contributed by atoms with Gasteiger partial charge in [-0.1, -0.05) is 97.1 Å². The van der Waals surface area contributed by atoms with E-state index in [0.29, 0.717) is 21.3 Å². The second-order valence-corrected chi connectivity index (χ2v) is 15.5. The Bertz CT molecular complexity index is 1770. The number of halogens is 3. The highest BCUT2D eigenvalue weighted by atomic mass is 127. The third-order valence-electron chi connectivity index (χ3n) is 8.28. The van der Waals surface area contributed by atoms with Crippen LogP contribution >= 0.6 is 45.8 Å². The Kier molecular flexibility index (Phi) is 12.2. The Labute approximate surface area is 300 Å². The standard InChI is InChI=1S/C36H36Cl2IN3O4S/c37-32-21-16-27(22-33(32)38)24-41(34(23-26-10-4-1-5-11-26)36(44)40-29-12-6-2-7-13-29)35(43)25-42(30-19-17-28(39)18-20-30)47(45,46)31-14-8-3-9-15-31/h1,3-5,8-11,14-22,29,34H,2,6-7,12-13,23-25H2,(H,40,44). The highest BCUT2D eigenvalue weighted by molar-refractivity contribution is 14.1. The molecule has 47 heavy (non-hydrogen) atoms. The molecule has 1 N–H and O–H groups in total. The summed E-state index contributed by atoms with van der Waals surface area (Å²) >= 11 is 14.7. The van der Waals surface area contributed by atoms with Gasteiger partial charge in [0.2, 0.25) is 11.8 Å². The number of carbonyl (C=O) groups is 2. The second-order valence-electron chi connectivity index (χ2n) is 11.6. The number of hydrogen-bond acceptors (Lipinski definition) is 4. The molecule has 0 heterocycles. The van der Waals surface area contributed by atoms with Crippen molar-refractivity contribution in [2.75, 3.05) is 10.8 Å². The summed E-state index contributed by atoms with van der Waals surface area (Å²) in [6, 6.07) is 28.6. The predicted molar refractivity (Wildman–Crippen MR) is 196 cm³/mol. The maximum Gasteiger partial charge on any atom is 0.264 e. The first kappa shape index (κ1) is 35.2. The van der Waals surface area contributed by atoms with Crippen LogP contribution in [0.1, 0.15) is 43.2 Å². The van der Waals surface area contributed by atoms with Crippen LogP contribution < -0.4 is 9.62 Å². The Morgan fingerprint density at radius 3 is 2.09 bits per heavy atom. The highest BCUT2D eigenvalue weighted by Gasteiger charge is 2.35. The molecule has 0 radical (unpaired) electrons. The lowest BCUT2D eigenvalue weighted by molar-refractivity contribution is -0.140. The number of sulfonamides is 1. The largest absolute Gasteiger partial charge is 0.352 e. The van der Waals surface area contributed by atoms with Gasteiger partial charge in [-0.15, -0.1) is 0 Å². The molecule has 1 aliphatic rings. The van der Waals surface area contributed by atoms with E-state index in [2.05, 4.69) is 27.9 Å². The molecular formula is C36H36Cl2IN3O4S. The Morgan fingerprint density at radius 2 is 1.45 bits per heavy atom. The summed E-state index contributed by atoms with van der Waals surface area (Å²) in [7, 11) is -4.16. The van der Waals surface area contributed by atoms with Crippen LogP contribution in [0.3, 0.4) is 0 Å². The average Bonchev–Trinajstić information content (AvgIpc) is 3.08. The van der Waals surface area contributed by atoms with Crippen molar-refractivity contribution in [1.82, 2.24) is 10.2 Å². The third-order valence-corrected chi connectivity index (χ3v) is 11.5. The second kappa shape index (κ2) is 16.3. The number of hydrogen-bond donors (Lipinski definition) is 1. The zero-order chi connectivity index (χ0) is 33.4. The molecule has 0 aromatic heterocycles.